The first-order valence-electron chi connectivity index (χ1n) is 13.5. The average molecular weight is 525 g/mol. The molecule has 3 heterocycles. The van der Waals surface area contributed by atoms with E-state index in [4.69, 9.17) is 14.5 Å². The SMILES string of the molecule is Cc1cc(-c2nc3ccc(CN[C@H](C(=O)OCC(C)C)[C@@H](C)O)cc3n2CC2CCCCO2)cn(C)c1=O. The van der Waals surface area contributed by atoms with E-state index in [1.54, 1.807) is 18.5 Å². The van der Waals surface area contributed by atoms with E-state index in [9.17, 15) is 14.7 Å². The molecule has 1 aromatic carbocycles. The van der Waals surface area contributed by atoms with Crippen LogP contribution in [0, 0.1) is 12.8 Å². The van der Waals surface area contributed by atoms with E-state index >= 15 is 0 Å². The van der Waals surface area contributed by atoms with Crippen LogP contribution in [0.4, 0.5) is 0 Å². The molecule has 1 aliphatic heterocycles. The van der Waals surface area contributed by atoms with E-state index in [-0.39, 0.29) is 17.6 Å². The summed E-state index contributed by atoms with van der Waals surface area (Å²) in [6.07, 6.45) is 4.22. The number of fused-ring (bicyclic) bond motifs is 1. The van der Waals surface area contributed by atoms with Gasteiger partial charge in [0.2, 0.25) is 0 Å². The van der Waals surface area contributed by atoms with Crippen LogP contribution >= 0.6 is 0 Å². The van der Waals surface area contributed by atoms with Gasteiger partial charge in [0, 0.05) is 37.5 Å². The lowest BCUT2D eigenvalue weighted by atomic mass is 10.1. The number of carbonyl (C=O) groups excluding carboxylic acids is 1. The van der Waals surface area contributed by atoms with Crippen molar-refractivity contribution in [2.45, 2.75) is 78.3 Å². The lowest BCUT2D eigenvalue weighted by molar-refractivity contribution is -0.150. The van der Waals surface area contributed by atoms with Crippen molar-refractivity contribution in [3.8, 4) is 11.4 Å². The molecule has 2 aromatic heterocycles. The number of aryl methyl sites for hydroxylation is 2. The number of rotatable bonds is 10. The summed E-state index contributed by atoms with van der Waals surface area (Å²) >= 11 is 0. The van der Waals surface area contributed by atoms with Gasteiger partial charge in [-0.2, -0.15) is 0 Å². The van der Waals surface area contributed by atoms with Crippen LogP contribution in [0.25, 0.3) is 22.4 Å². The highest BCUT2D eigenvalue weighted by atomic mass is 16.5. The van der Waals surface area contributed by atoms with Crippen molar-refractivity contribution in [3.63, 3.8) is 0 Å². The molecule has 1 fully saturated rings. The zero-order valence-corrected chi connectivity index (χ0v) is 23.1. The molecule has 0 radical (unpaired) electrons. The summed E-state index contributed by atoms with van der Waals surface area (Å²) in [6, 6.07) is 7.07. The number of aromatic nitrogens is 3. The lowest BCUT2D eigenvalue weighted by Gasteiger charge is -2.24. The number of nitrogens with one attached hydrogen (secondary N) is 1. The molecule has 0 spiro atoms. The number of carbonyl (C=O) groups is 1. The Bertz CT molecular complexity index is 1290. The number of esters is 1. The largest absolute Gasteiger partial charge is 0.464 e. The predicted octanol–water partition coefficient (Wildman–Crippen LogP) is 3.32. The van der Waals surface area contributed by atoms with Crippen molar-refractivity contribution < 1.29 is 19.4 Å². The van der Waals surface area contributed by atoms with Gasteiger partial charge in [0.05, 0.1) is 36.4 Å². The fraction of sp³-hybridized carbons (Fsp3) is 0.552. The Morgan fingerprint density at radius 1 is 1.26 bits per heavy atom. The number of aliphatic hydroxyl groups is 1. The molecule has 0 bridgehead atoms. The first-order chi connectivity index (χ1) is 18.1. The van der Waals surface area contributed by atoms with Crippen LogP contribution in [0.5, 0.6) is 0 Å². The summed E-state index contributed by atoms with van der Waals surface area (Å²) in [5, 5.41) is 13.4. The monoisotopic (exact) mass is 524 g/mol. The normalized spacial score (nSPS) is 17.6. The Morgan fingerprint density at radius 2 is 2.05 bits per heavy atom. The summed E-state index contributed by atoms with van der Waals surface area (Å²) in [5.41, 5.74) is 4.26. The molecule has 9 heteroatoms. The Labute approximate surface area is 223 Å². The second-order valence-electron chi connectivity index (χ2n) is 10.8. The van der Waals surface area contributed by atoms with Gasteiger partial charge in [-0.1, -0.05) is 19.9 Å². The van der Waals surface area contributed by atoms with Crippen LogP contribution in [-0.2, 0) is 34.4 Å². The highest BCUT2D eigenvalue weighted by molar-refractivity contribution is 5.81. The van der Waals surface area contributed by atoms with Crippen molar-refractivity contribution in [2.75, 3.05) is 13.2 Å². The molecule has 3 aromatic rings. The highest BCUT2D eigenvalue weighted by Gasteiger charge is 2.25. The number of hydrogen-bond acceptors (Lipinski definition) is 7. The van der Waals surface area contributed by atoms with Gasteiger partial charge in [0.1, 0.15) is 11.9 Å². The van der Waals surface area contributed by atoms with Gasteiger partial charge in [0.25, 0.3) is 5.56 Å². The summed E-state index contributed by atoms with van der Waals surface area (Å²) < 4.78 is 15.2. The van der Waals surface area contributed by atoms with Gasteiger partial charge in [0.15, 0.2) is 0 Å². The van der Waals surface area contributed by atoms with Crippen LogP contribution in [0.2, 0.25) is 0 Å². The van der Waals surface area contributed by atoms with Crippen molar-refractivity contribution in [2.24, 2.45) is 13.0 Å². The van der Waals surface area contributed by atoms with Crippen molar-refractivity contribution in [3.05, 3.63) is 51.9 Å². The Morgan fingerprint density at radius 3 is 2.71 bits per heavy atom. The van der Waals surface area contributed by atoms with E-state index in [0.717, 1.165) is 53.9 Å². The molecule has 0 saturated carbocycles. The summed E-state index contributed by atoms with van der Waals surface area (Å²) in [5.74, 6) is 0.549. The molecule has 4 rings (SSSR count). The lowest BCUT2D eigenvalue weighted by Crippen LogP contribution is -2.45. The quantitative estimate of drug-likeness (QED) is 0.392. The Hall–Kier alpha value is -3.01. The molecule has 9 nitrogen and oxygen atoms in total. The van der Waals surface area contributed by atoms with Crippen LogP contribution < -0.4 is 10.9 Å². The average Bonchev–Trinajstić information content (AvgIpc) is 3.23. The van der Waals surface area contributed by atoms with Gasteiger partial charge >= 0.3 is 5.97 Å². The molecule has 38 heavy (non-hydrogen) atoms. The van der Waals surface area contributed by atoms with Crippen LogP contribution in [0.1, 0.15) is 51.2 Å². The second kappa shape index (κ2) is 12.2. The van der Waals surface area contributed by atoms with Gasteiger partial charge in [-0.3, -0.25) is 14.9 Å². The maximum Gasteiger partial charge on any atom is 0.325 e. The molecule has 206 valence electrons. The van der Waals surface area contributed by atoms with Crippen LogP contribution in [-0.4, -0.2) is 56.7 Å². The molecule has 1 unspecified atom stereocenters. The van der Waals surface area contributed by atoms with E-state index in [2.05, 4.69) is 16.0 Å². The summed E-state index contributed by atoms with van der Waals surface area (Å²) in [7, 11) is 1.75. The Balaban J connectivity index is 1.66. The standard InChI is InChI=1S/C29H40N4O5/c1-18(2)17-38-29(36)26(20(4)34)30-14-21-9-10-24-25(13-21)33(16-23-8-6-7-11-37-23)27(31-24)22-12-19(3)28(35)32(5)15-22/h9-10,12-13,15,18,20,23,26,30,34H,6-8,11,14,16-17H2,1-5H3/t20-,23?,26+/m1/s1. The van der Waals surface area contributed by atoms with Crippen LogP contribution in [0.15, 0.2) is 35.3 Å². The molecule has 0 aliphatic carbocycles. The number of benzene rings is 1. The van der Waals surface area contributed by atoms with Gasteiger partial charge in [-0.05, 0) is 62.8 Å². The number of ether oxygens (including phenoxy) is 2. The molecule has 1 saturated heterocycles. The third-order valence-corrected chi connectivity index (χ3v) is 6.91. The maximum atomic E-state index is 12.5. The second-order valence-corrected chi connectivity index (χ2v) is 10.8. The Kier molecular flexibility index (Phi) is 9.02. The van der Waals surface area contributed by atoms with Crippen molar-refractivity contribution >= 4 is 17.0 Å². The van der Waals surface area contributed by atoms with Crippen molar-refractivity contribution in [1.82, 2.24) is 19.4 Å². The molecule has 1 aliphatic rings. The molecule has 0 amide bonds. The molecular weight excluding hydrogens is 484 g/mol. The fourth-order valence-corrected chi connectivity index (χ4v) is 4.86. The van der Waals surface area contributed by atoms with E-state index in [1.165, 1.54) is 0 Å². The number of aliphatic hydroxyl groups excluding tert-OH is 1. The first kappa shape index (κ1) is 28.0. The van der Waals surface area contributed by atoms with Gasteiger partial charge in [-0.15, -0.1) is 0 Å². The minimum absolute atomic E-state index is 0.0278. The minimum Gasteiger partial charge on any atom is -0.464 e. The predicted molar refractivity (Wildman–Crippen MR) is 147 cm³/mol. The molecule has 3 atom stereocenters. The summed E-state index contributed by atoms with van der Waals surface area (Å²) in [4.78, 5) is 29.8. The smallest absolute Gasteiger partial charge is 0.325 e. The highest BCUT2D eigenvalue weighted by Crippen LogP contribution is 2.28. The zero-order chi connectivity index (χ0) is 27.4. The number of nitrogens with zero attached hydrogens (tertiary/aromatic N) is 3. The topological polar surface area (TPSA) is 108 Å². The van der Waals surface area contributed by atoms with Gasteiger partial charge in [-0.25, -0.2) is 4.98 Å². The first-order valence-corrected chi connectivity index (χ1v) is 13.5. The number of hydrogen-bond donors (Lipinski definition) is 2. The molecule has 2 N–H and O–H groups in total. The van der Waals surface area contributed by atoms with E-state index in [1.807, 2.05) is 45.2 Å². The van der Waals surface area contributed by atoms with Gasteiger partial charge < -0.3 is 23.7 Å². The number of pyridine rings is 1. The number of imidazole rings is 1. The molecular formula is C29H40N4O5. The maximum absolute atomic E-state index is 12.5. The summed E-state index contributed by atoms with van der Waals surface area (Å²) in [6.45, 7) is 9.44. The third-order valence-electron chi connectivity index (χ3n) is 6.91. The third kappa shape index (κ3) is 6.51. The van der Waals surface area contributed by atoms with E-state index in [0.29, 0.717) is 25.3 Å². The zero-order valence-electron chi connectivity index (χ0n) is 23.1. The van der Waals surface area contributed by atoms with E-state index < -0.39 is 18.1 Å². The fourth-order valence-electron chi connectivity index (χ4n) is 4.86. The van der Waals surface area contributed by atoms with Crippen LogP contribution in [0.3, 0.4) is 0 Å². The minimum atomic E-state index is -0.896. The van der Waals surface area contributed by atoms with Crippen molar-refractivity contribution in [1.29, 1.82) is 0 Å².